The summed E-state index contributed by atoms with van der Waals surface area (Å²) in [6, 6.07) is 6.76. The summed E-state index contributed by atoms with van der Waals surface area (Å²) < 4.78 is 0. The number of benzene rings is 1. The average molecular weight is 292 g/mol. The van der Waals surface area contributed by atoms with Gasteiger partial charge in [-0.25, -0.2) is 0 Å². The molecule has 1 aromatic heterocycles. The van der Waals surface area contributed by atoms with Crippen LogP contribution in [0.2, 0.25) is 5.02 Å². The Balaban J connectivity index is 2.51. The molecule has 2 aromatic rings. The molecule has 104 valence electrons. The Morgan fingerprint density at radius 1 is 1.20 bits per heavy atom. The number of nitrogens with zero attached hydrogens (tertiary/aromatic N) is 1. The Morgan fingerprint density at radius 3 is 2.55 bits per heavy atom. The third-order valence-electron chi connectivity index (χ3n) is 3.54. The van der Waals surface area contributed by atoms with E-state index in [0.717, 1.165) is 0 Å². The van der Waals surface area contributed by atoms with Crippen LogP contribution in [0.25, 0.3) is 10.9 Å². The number of Topliss-reactive ketones (excluding diaryl/α,β-unsaturated/α-hetero) is 1. The molecule has 1 N–H and O–H groups in total. The van der Waals surface area contributed by atoms with E-state index < -0.39 is 17.8 Å². The van der Waals surface area contributed by atoms with E-state index in [1.54, 1.807) is 37.4 Å². The van der Waals surface area contributed by atoms with E-state index in [2.05, 4.69) is 4.98 Å². The van der Waals surface area contributed by atoms with Crippen LogP contribution in [0.15, 0.2) is 30.5 Å². The lowest BCUT2D eigenvalue weighted by Gasteiger charge is -2.15. The lowest BCUT2D eigenvalue weighted by molar-refractivity contribution is -0.142. The number of hydrogen-bond acceptors (Lipinski definition) is 3. The molecule has 0 saturated carbocycles. The monoisotopic (exact) mass is 291 g/mol. The van der Waals surface area contributed by atoms with Crippen LogP contribution in [-0.4, -0.2) is 21.8 Å². The average Bonchev–Trinajstić information content (AvgIpc) is 2.45. The molecule has 1 heterocycles. The van der Waals surface area contributed by atoms with Crippen LogP contribution < -0.4 is 0 Å². The largest absolute Gasteiger partial charge is 0.481 e. The van der Waals surface area contributed by atoms with Gasteiger partial charge in [0.25, 0.3) is 0 Å². The summed E-state index contributed by atoms with van der Waals surface area (Å²) in [4.78, 5) is 27.7. The summed E-state index contributed by atoms with van der Waals surface area (Å²) in [5.41, 5.74) is 0.917. The van der Waals surface area contributed by atoms with Gasteiger partial charge in [0.2, 0.25) is 0 Å². The van der Waals surface area contributed by atoms with Crippen molar-refractivity contribution in [2.24, 2.45) is 11.8 Å². The summed E-state index contributed by atoms with van der Waals surface area (Å²) in [5.74, 6) is -2.60. The van der Waals surface area contributed by atoms with Gasteiger partial charge in [0.05, 0.1) is 16.5 Å². The number of aliphatic carboxylic acids is 1. The summed E-state index contributed by atoms with van der Waals surface area (Å²) in [7, 11) is 0. The molecular weight excluding hydrogens is 278 g/mol. The van der Waals surface area contributed by atoms with Crippen LogP contribution in [0.1, 0.15) is 24.2 Å². The maximum atomic E-state index is 12.5. The molecule has 0 spiro atoms. The Kier molecular flexibility index (Phi) is 4.04. The third kappa shape index (κ3) is 2.51. The molecule has 2 atom stereocenters. The Bertz CT molecular complexity index is 684. The van der Waals surface area contributed by atoms with Gasteiger partial charge in [-0.2, -0.15) is 0 Å². The molecule has 0 bridgehead atoms. The molecule has 20 heavy (non-hydrogen) atoms. The smallest absolute Gasteiger partial charge is 0.306 e. The molecule has 0 aliphatic heterocycles. The summed E-state index contributed by atoms with van der Waals surface area (Å²) >= 11 is 6.08. The normalized spacial score (nSPS) is 13.9. The molecule has 0 amide bonds. The number of carbonyl (C=O) groups is 2. The highest BCUT2D eigenvalue weighted by atomic mass is 35.5. The molecule has 0 aliphatic rings. The number of carboxylic acids is 1. The summed E-state index contributed by atoms with van der Waals surface area (Å²) in [6.07, 6.45) is 1.58. The standard InChI is InChI=1S/C15H14ClNO3/c1-8(9(2)15(19)20)14(18)11-5-6-12(16)10-4-3-7-17-13(10)11/h3-9H,1-2H3,(H,19,20). The van der Waals surface area contributed by atoms with Gasteiger partial charge < -0.3 is 5.11 Å². The Morgan fingerprint density at radius 2 is 1.90 bits per heavy atom. The maximum Gasteiger partial charge on any atom is 0.306 e. The number of aromatic nitrogens is 1. The topological polar surface area (TPSA) is 67.3 Å². The van der Waals surface area contributed by atoms with Crippen molar-refractivity contribution in [2.75, 3.05) is 0 Å². The summed E-state index contributed by atoms with van der Waals surface area (Å²) in [5, 5.41) is 10.2. The first-order chi connectivity index (χ1) is 9.43. The minimum Gasteiger partial charge on any atom is -0.481 e. The van der Waals surface area contributed by atoms with Crippen LogP contribution in [-0.2, 0) is 4.79 Å². The minimum absolute atomic E-state index is 0.236. The number of ketones is 1. The van der Waals surface area contributed by atoms with Crippen molar-refractivity contribution < 1.29 is 14.7 Å². The lowest BCUT2D eigenvalue weighted by Crippen LogP contribution is -2.25. The zero-order valence-corrected chi connectivity index (χ0v) is 11.9. The quantitative estimate of drug-likeness (QED) is 0.876. The molecule has 2 rings (SSSR count). The first-order valence-electron chi connectivity index (χ1n) is 6.23. The van der Waals surface area contributed by atoms with Crippen molar-refractivity contribution in [3.05, 3.63) is 41.0 Å². The predicted molar refractivity (Wildman–Crippen MR) is 77.0 cm³/mol. The first kappa shape index (κ1) is 14.5. The third-order valence-corrected chi connectivity index (χ3v) is 3.86. The fourth-order valence-corrected chi connectivity index (χ4v) is 2.24. The maximum absolute atomic E-state index is 12.5. The second-order valence-corrected chi connectivity index (χ2v) is 5.18. The molecule has 4 nitrogen and oxygen atoms in total. The zero-order chi connectivity index (χ0) is 14.9. The molecule has 2 unspecified atom stereocenters. The second kappa shape index (κ2) is 5.59. The number of halogens is 1. The number of hydrogen-bond donors (Lipinski definition) is 1. The molecule has 0 radical (unpaired) electrons. The Hall–Kier alpha value is -1.94. The van der Waals surface area contributed by atoms with E-state index in [-0.39, 0.29) is 5.78 Å². The van der Waals surface area contributed by atoms with Crippen molar-refractivity contribution in [3.8, 4) is 0 Å². The molecule has 5 heteroatoms. The fraction of sp³-hybridized carbons (Fsp3) is 0.267. The van der Waals surface area contributed by atoms with Crippen molar-refractivity contribution in [1.82, 2.24) is 4.98 Å². The first-order valence-corrected chi connectivity index (χ1v) is 6.61. The van der Waals surface area contributed by atoms with Crippen molar-refractivity contribution in [2.45, 2.75) is 13.8 Å². The van der Waals surface area contributed by atoms with Gasteiger partial charge in [0.15, 0.2) is 5.78 Å². The number of pyridine rings is 1. The van der Waals surface area contributed by atoms with Gasteiger partial charge in [-0.15, -0.1) is 0 Å². The Labute approximate surface area is 121 Å². The van der Waals surface area contributed by atoms with Crippen molar-refractivity contribution >= 4 is 34.3 Å². The van der Waals surface area contributed by atoms with E-state index in [9.17, 15) is 9.59 Å². The van der Waals surface area contributed by atoms with Crippen LogP contribution in [0.4, 0.5) is 0 Å². The second-order valence-electron chi connectivity index (χ2n) is 4.77. The molecular formula is C15H14ClNO3. The minimum atomic E-state index is -0.989. The highest BCUT2D eigenvalue weighted by Gasteiger charge is 2.28. The molecule has 0 fully saturated rings. The predicted octanol–water partition coefficient (Wildman–Crippen LogP) is 3.43. The van der Waals surface area contributed by atoms with E-state index in [0.29, 0.717) is 21.5 Å². The van der Waals surface area contributed by atoms with E-state index in [1.807, 2.05) is 0 Å². The molecule has 1 aromatic carbocycles. The van der Waals surface area contributed by atoms with Gasteiger partial charge in [0, 0.05) is 23.1 Å². The van der Waals surface area contributed by atoms with Crippen LogP contribution in [0.3, 0.4) is 0 Å². The van der Waals surface area contributed by atoms with E-state index >= 15 is 0 Å². The van der Waals surface area contributed by atoms with Crippen molar-refractivity contribution in [3.63, 3.8) is 0 Å². The van der Waals surface area contributed by atoms with E-state index in [1.165, 1.54) is 6.92 Å². The zero-order valence-electron chi connectivity index (χ0n) is 11.1. The van der Waals surface area contributed by atoms with Crippen molar-refractivity contribution in [1.29, 1.82) is 0 Å². The number of carbonyl (C=O) groups excluding carboxylic acids is 1. The van der Waals surface area contributed by atoms with Crippen LogP contribution in [0, 0.1) is 11.8 Å². The van der Waals surface area contributed by atoms with Crippen LogP contribution >= 0.6 is 11.6 Å². The van der Waals surface area contributed by atoms with Gasteiger partial charge in [-0.3, -0.25) is 14.6 Å². The SMILES string of the molecule is CC(C(=O)O)C(C)C(=O)c1ccc(Cl)c2cccnc12. The van der Waals surface area contributed by atoms with Gasteiger partial charge >= 0.3 is 5.97 Å². The van der Waals surface area contributed by atoms with Gasteiger partial charge in [0.1, 0.15) is 0 Å². The molecule has 0 aliphatic carbocycles. The van der Waals surface area contributed by atoms with E-state index in [4.69, 9.17) is 16.7 Å². The number of fused-ring (bicyclic) bond motifs is 1. The fourth-order valence-electron chi connectivity index (χ4n) is 2.02. The highest BCUT2D eigenvalue weighted by Crippen LogP contribution is 2.27. The molecule has 0 saturated heterocycles. The van der Waals surface area contributed by atoms with Crippen LogP contribution in [0.5, 0.6) is 0 Å². The highest BCUT2D eigenvalue weighted by molar-refractivity contribution is 6.36. The van der Waals surface area contributed by atoms with Gasteiger partial charge in [-0.1, -0.05) is 25.4 Å². The summed E-state index contributed by atoms with van der Waals surface area (Å²) in [6.45, 7) is 3.14. The lowest BCUT2D eigenvalue weighted by atomic mass is 9.87. The number of rotatable bonds is 4. The number of carboxylic acid groups (broad SMARTS) is 1. The van der Waals surface area contributed by atoms with Gasteiger partial charge in [-0.05, 0) is 24.3 Å².